The van der Waals surface area contributed by atoms with E-state index in [1.165, 1.54) is 5.56 Å². The maximum atomic E-state index is 11.4. The Bertz CT molecular complexity index is 903. The molecule has 0 aliphatic rings. The number of methoxy groups -OCH3 is 1. The molecule has 0 radical (unpaired) electrons. The molecule has 3 rings (SSSR count). The minimum Gasteiger partial charge on any atom is -0.423 e. The molecule has 0 heterocycles. The van der Waals surface area contributed by atoms with E-state index in [0.29, 0.717) is 12.4 Å². The molecule has 0 N–H and O–H groups in total. The first kappa shape index (κ1) is 19.4. The highest BCUT2D eigenvalue weighted by atomic mass is 16.5. The molecule has 3 aromatic carbocycles. The van der Waals surface area contributed by atoms with Gasteiger partial charge < -0.3 is 14.4 Å². The van der Waals surface area contributed by atoms with Crippen LogP contribution in [0.2, 0.25) is 0 Å². The van der Waals surface area contributed by atoms with Crippen LogP contribution in [0.1, 0.15) is 5.56 Å². The Hall–Kier alpha value is -3.37. The highest BCUT2D eigenvalue weighted by Gasteiger charge is 2.12. The summed E-state index contributed by atoms with van der Waals surface area (Å²) in [5, 5.41) is 0. The van der Waals surface area contributed by atoms with Crippen LogP contribution < -0.4 is 9.64 Å². The van der Waals surface area contributed by atoms with Crippen LogP contribution in [0.25, 0.3) is 0 Å². The van der Waals surface area contributed by atoms with Crippen molar-refractivity contribution < 1.29 is 14.3 Å². The zero-order valence-corrected chi connectivity index (χ0v) is 15.9. The first-order valence-electron chi connectivity index (χ1n) is 9.08. The van der Waals surface area contributed by atoms with E-state index in [0.717, 1.165) is 29.6 Å². The van der Waals surface area contributed by atoms with E-state index in [-0.39, 0.29) is 0 Å². The van der Waals surface area contributed by atoms with Crippen LogP contribution in [0.3, 0.4) is 0 Å². The van der Waals surface area contributed by atoms with Crippen molar-refractivity contribution in [3.63, 3.8) is 0 Å². The van der Waals surface area contributed by atoms with Gasteiger partial charge in [0.25, 0.3) is 0 Å². The third-order valence-electron chi connectivity index (χ3n) is 4.28. The number of benzene rings is 3. The third kappa shape index (κ3) is 4.87. The molecule has 0 saturated carbocycles. The molecule has 0 amide bonds. The van der Waals surface area contributed by atoms with E-state index in [2.05, 4.69) is 47.9 Å². The summed E-state index contributed by atoms with van der Waals surface area (Å²) < 4.78 is 10.3. The predicted octanol–water partition coefficient (Wildman–Crippen LogP) is 5.44. The van der Waals surface area contributed by atoms with Crippen molar-refractivity contribution in [1.29, 1.82) is 0 Å². The Morgan fingerprint density at radius 3 is 2.04 bits per heavy atom. The van der Waals surface area contributed by atoms with E-state index in [4.69, 9.17) is 9.47 Å². The van der Waals surface area contributed by atoms with Crippen LogP contribution in [-0.2, 0) is 16.0 Å². The van der Waals surface area contributed by atoms with Gasteiger partial charge in [-0.1, -0.05) is 36.9 Å². The number of hydrogen-bond acceptors (Lipinski definition) is 4. The van der Waals surface area contributed by atoms with Crippen LogP contribution in [0, 0.1) is 0 Å². The number of para-hydroxylation sites is 1. The molecular weight excluding hydrogens is 350 g/mol. The third-order valence-corrected chi connectivity index (χ3v) is 4.28. The number of hydrogen-bond donors (Lipinski definition) is 0. The second kappa shape index (κ2) is 9.53. The van der Waals surface area contributed by atoms with E-state index < -0.39 is 5.97 Å². The summed E-state index contributed by atoms with van der Waals surface area (Å²) in [6.45, 7) is 4.12. The lowest BCUT2D eigenvalue weighted by molar-refractivity contribution is -0.128. The van der Waals surface area contributed by atoms with Gasteiger partial charge in [-0.05, 0) is 60.5 Å². The number of anilines is 3. The molecule has 0 aliphatic carbocycles. The summed E-state index contributed by atoms with van der Waals surface area (Å²) in [7, 11) is 1.71. The number of carbonyl (C=O) groups excluding carboxylic acids is 1. The molecule has 0 spiro atoms. The van der Waals surface area contributed by atoms with Crippen LogP contribution in [0.15, 0.2) is 91.5 Å². The lowest BCUT2D eigenvalue weighted by Crippen LogP contribution is -2.10. The van der Waals surface area contributed by atoms with Gasteiger partial charge in [0, 0.05) is 30.2 Å². The molecule has 28 heavy (non-hydrogen) atoms. The topological polar surface area (TPSA) is 38.8 Å². The molecule has 4 nitrogen and oxygen atoms in total. The lowest BCUT2D eigenvalue weighted by atomic mass is 10.1. The number of nitrogens with zero attached hydrogens (tertiary/aromatic N) is 1. The Morgan fingerprint density at radius 1 is 0.893 bits per heavy atom. The van der Waals surface area contributed by atoms with Crippen LogP contribution in [-0.4, -0.2) is 19.7 Å². The second-order valence-electron chi connectivity index (χ2n) is 6.20. The van der Waals surface area contributed by atoms with Crippen molar-refractivity contribution in [2.24, 2.45) is 0 Å². The molecule has 4 heteroatoms. The van der Waals surface area contributed by atoms with Gasteiger partial charge in [0.1, 0.15) is 5.75 Å². The van der Waals surface area contributed by atoms with Crippen LogP contribution in [0.5, 0.6) is 5.75 Å². The van der Waals surface area contributed by atoms with E-state index in [1.54, 1.807) is 19.2 Å². The molecule has 0 saturated heterocycles. The molecule has 0 bridgehead atoms. The molecule has 142 valence electrons. The molecule has 3 aromatic rings. The SMILES string of the molecule is C=CC(=O)Oc1ccc(N(c2ccccc2)c2ccc(CCOC)cc2)cc1. The van der Waals surface area contributed by atoms with Gasteiger partial charge in [0.2, 0.25) is 0 Å². The Labute approximate surface area is 165 Å². The van der Waals surface area contributed by atoms with Gasteiger partial charge >= 0.3 is 5.97 Å². The molecule has 0 unspecified atom stereocenters. The molecular formula is C24H23NO3. The predicted molar refractivity (Wildman–Crippen MR) is 113 cm³/mol. The first-order valence-corrected chi connectivity index (χ1v) is 9.08. The van der Waals surface area contributed by atoms with Gasteiger partial charge in [-0.15, -0.1) is 0 Å². The van der Waals surface area contributed by atoms with E-state index in [9.17, 15) is 4.79 Å². The molecule has 0 fully saturated rings. The van der Waals surface area contributed by atoms with E-state index >= 15 is 0 Å². The summed E-state index contributed by atoms with van der Waals surface area (Å²) in [4.78, 5) is 13.5. The fourth-order valence-corrected chi connectivity index (χ4v) is 2.88. The fraction of sp³-hybridized carbons (Fsp3) is 0.125. The summed E-state index contributed by atoms with van der Waals surface area (Å²) in [5.41, 5.74) is 4.28. The van der Waals surface area contributed by atoms with Gasteiger partial charge in [-0.2, -0.15) is 0 Å². The molecule has 0 aromatic heterocycles. The summed E-state index contributed by atoms with van der Waals surface area (Å²) in [5.74, 6) is 0.0101. The maximum absolute atomic E-state index is 11.4. The number of ether oxygens (including phenoxy) is 2. The number of carbonyl (C=O) groups is 1. The van der Waals surface area contributed by atoms with Crippen LogP contribution >= 0.6 is 0 Å². The summed E-state index contributed by atoms with van der Waals surface area (Å²) in [6.07, 6.45) is 2.03. The number of rotatable bonds is 8. The lowest BCUT2D eigenvalue weighted by Gasteiger charge is -2.25. The largest absolute Gasteiger partial charge is 0.423 e. The van der Waals surface area contributed by atoms with Gasteiger partial charge in [-0.3, -0.25) is 0 Å². The smallest absolute Gasteiger partial charge is 0.335 e. The monoisotopic (exact) mass is 373 g/mol. The van der Waals surface area contributed by atoms with Crippen molar-refractivity contribution in [2.75, 3.05) is 18.6 Å². The quantitative estimate of drug-likeness (QED) is 0.299. The minimum atomic E-state index is -0.473. The summed E-state index contributed by atoms with van der Waals surface area (Å²) in [6, 6.07) is 26.0. The Kier molecular flexibility index (Phi) is 6.60. The molecule has 0 atom stereocenters. The van der Waals surface area contributed by atoms with Gasteiger partial charge in [0.05, 0.1) is 6.61 Å². The Morgan fingerprint density at radius 2 is 1.46 bits per heavy atom. The summed E-state index contributed by atoms with van der Waals surface area (Å²) >= 11 is 0. The second-order valence-corrected chi connectivity index (χ2v) is 6.20. The van der Waals surface area contributed by atoms with Gasteiger partial charge in [0.15, 0.2) is 0 Å². The van der Waals surface area contributed by atoms with Crippen LogP contribution in [0.4, 0.5) is 17.1 Å². The minimum absolute atomic E-state index is 0.473. The maximum Gasteiger partial charge on any atom is 0.335 e. The fourth-order valence-electron chi connectivity index (χ4n) is 2.88. The van der Waals surface area contributed by atoms with Crippen molar-refractivity contribution in [3.8, 4) is 5.75 Å². The molecule has 0 aliphatic heterocycles. The van der Waals surface area contributed by atoms with Crippen molar-refractivity contribution in [3.05, 3.63) is 97.1 Å². The average molecular weight is 373 g/mol. The van der Waals surface area contributed by atoms with Crippen molar-refractivity contribution in [2.45, 2.75) is 6.42 Å². The first-order chi connectivity index (χ1) is 13.7. The normalized spacial score (nSPS) is 10.3. The Balaban J connectivity index is 1.92. The zero-order valence-electron chi connectivity index (χ0n) is 15.9. The highest BCUT2D eigenvalue weighted by Crippen LogP contribution is 2.35. The zero-order chi connectivity index (χ0) is 19.8. The average Bonchev–Trinajstić information content (AvgIpc) is 2.75. The van der Waals surface area contributed by atoms with Crippen molar-refractivity contribution in [1.82, 2.24) is 0 Å². The van der Waals surface area contributed by atoms with E-state index in [1.807, 2.05) is 30.3 Å². The van der Waals surface area contributed by atoms with Gasteiger partial charge in [-0.25, -0.2) is 4.79 Å². The number of esters is 1. The standard InChI is InChI=1S/C24H23NO3/c1-3-24(26)28-23-15-13-22(14-16-23)25(20-7-5-4-6-8-20)21-11-9-19(10-12-21)17-18-27-2/h3-16H,1,17-18H2,2H3. The highest BCUT2D eigenvalue weighted by molar-refractivity contribution is 5.83. The van der Waals surface area contributed by atoms with Crippen molar-refractivity contribution >= 4 is 23.0 Å².